The Labute approximate surface area is 143 Å². The summed E-state index contributed by atoms with van der Waals surface area (Å²) in [6.45, 7) is 6.04. The van der Waals surface area contributed by atoms with Gasteiger partial charge in [-0.05, 0) is 61.6 Å². The van der Waals surface area contributed by atoms with Crippen LogP contribution in [-0.2, 0) is 17.6 Å². The molecule has 24 heavy (non-hydrogen) atoms. The summed E-state index contributed by atoms with van der Waals surface area (Å²) in [4.78, 5) is 11.6. The number of hydrogen-bond donors (Lipinski definition) is 1. The molecular weight excluding hydrogens is 298 g/mol. The van der Waals surface area contributed by atoms with E-state index in [0.29, 0.717) is 13.0 Å². The van der Waals surface area contributed by atoms with Crippen LogP contribution in [0.5, 0.6) is 0 Å². The Morgan fingerprint density at radius 2 is 1.92 bits per heavy atom. The number of benzene rings is 2. The minimum Gasteiger partial charge on any atom is -0.444 e. The average molecular weight is 321 g/mol. The molecule has 2 aromatic rings. The van der Waals surface area contributed by atoms with Crippen molar-refractivity contribution in [3.63, 3.8) is 0 Å². The summed E-state index contributed by atoms with van der Waals surface area (Å²) in [5, 5.41) is 5.36. The van der Waals surface area contributed by atoms with Crippen LogP contribution in [0.4, 0.5) is 4.79 Å². The fourth-order valence-electron chi connectivity index (χ4n) is 3.05. The highest BCUT2D eigenvalue weighted by Crippen LogP contribution is 2.32. The molecule has 0 atom stereocenters. The molecule has 124 valence electrons. The summed E-state index contributed by atoms with van der Waals surface area (Å²) < 4.78 is 5.20. The molecule has 3 rings (SSSR count). The molecule has 2 aromatic carbocycles. The van der Waals surface area contributed by atoms with Crippen molar-refractivity contribution in [3.05, 3.63) is 47.0 Å². The highest BCUT2D eigenvalue weighted by atomic mass is 16.6. The zero-order valence-electron chi connectivity index (χ0n) is 14.5. The third-order valence-electron chi connectivity index (χ3n) is 4.02. The molecule has 0 bridgehead atoms. The molecule has 0 heterocycles. The third-order valence-corrected chi connectivity index (χ3v) is 4.02. The van der Waals surface area contributed by atoms with Gasteiger partial charge in [0.25, 0.3) is 0 Å². The Hall–Kier alpha value is -2.47. The number of aryl methyl sites for hydroxylation is 2. The number of carbonyl (C=O) groups excluding carboxylic acids is 1. The van der Waals surface area contributed by atoms with Gasteiger partial charge in [0.1, 0.15) is 5.60 Å². The highest BCUT2D eigenvalue weighted by molar-refractivity contribution is 5.94. The third kappa shape index (κ3) is 3.71. The van der Waals surface area contributed by atoms with Gasteiger partial charge in [-0.1, -0.05) is 36.1 Å². The molecule has 0 fully saturated rings. The van der Waals surface area contributed by atoms with Crippen molar-refractivity contribution >= 4 is 16.9 Å². The van der Waals surface area contributed by atoms with E-state index in [1.165, 1.54) is 21.9 Å². The van der Waals surface area contributed by atoms with Crippen molar-refractivity contribution in [1.82, 2.24) is 5.32 Å². The van der Waals surface area contributed by atoms with Crippen molar-refractivity contribution in [3.8, 4) is 11.8 Å². The first-order valence-electron chi connectivity index (χ1n) is 8.43. The number of hydrogen-bond acceptors (Lipinski definition) is 2. The number of amides is 1. The van der Waals surface area contributed by atoms with Crippen LogP contribution >= 0.6 is 0 Å². The van der Waals surface area contributed by atoms with Gasteiger partial charge in [0.05, 0.1) is 0 Å². The molecule has 3 heteroatoms. The summed E-state index contributed by atoms with van der Waals surface area (Å²) in [6, 6.07) is 10.8. The van der Waals surface area contributed by atoms with Crippen molar-refractivity contribution in [1.29, 1.82) is 0 Å². The lowest BCUT2D eigenvalue weighted by molar-refractivity contribution is 0.0529. The van der Waals surface area contributed by atoms with Crippen molar-refractivity contribution < 1.29 is 9.53 Å². The predicted octanol–water partition coefficient (Wildman–Crippen LogP) is 4.20. The molecule has 1 aliphatic rings. The first kappa shape index (κ1) is 16.4. The van der Waals surface area contributed by atoms with Crippen LogP contribution in [0.1, 0.15) is 43.9 Å². The van der Waals surface area contributed by atoms with Crippen LogP contribution in [0.25, 0.3) is 10.8 Å². The summed E-state index contributed by atoms with van der Waals surface area (Å²) in [5.41, 5.74) is 3.45. The summed E-state index contributed by atoms with van der Waals surface area (Å²) >= 11 is 0. The van der Waals surface area contributed by atoms with E-state index >= 15 is 0 Å². The second-order valence-corrected chi connectivity index (χ2v) is 7.09. The normalized spacial score (nSPS) is 12.6. The first-order valence-corrected chi connectivity index (χ1v) is 8.43. The van der Waals surface area contributed by atoms with Gasteiger partial charge in [0.15, 0.2) is 0 Å². The maximum Gasteiger partial charge on any atom is 0.407 e. The maximum atomic E-state index is 11.6. The summed E-state index contributed by atoms with van der Waals surface area (Å²) in [6.07, 6.45) is 2.46. The monoisotopic (exact) mass is 321 g/mol. The Bertz CT molecular complexity index is 824. The van der Waals surface area contributed by atoms with Gasteiger partial charge in [0.2, 0.25) is 0 Å². The minimum atomic E-state index is -0.472. The molecule has 0 saturated carbocycles. The Morgan fingerprint density at radius 3 is 2.67 bits per heavy atom. The molecule has 0 saturated heterocycles. The standard InChI is InChI=1S/C21H23NO2/c1-21(2,3)24-20(23)22-14-5-4-7-15-10-11-17-13-12-16-8-6-9-18(15)19(16)17/h6,8-11H,5,12-14H2,1-3H3,(H,22,23). The van der Waals surface area contributed by atoms with E-state index in [1.807, 2.05) is 20.8 Å². The second-order valence-electron chi connectivity index (χ2n) is 7.09. The van der Waals surface area contributed by atoms with Crippen molar-refractivity contribution in [2.75, 3.05) is 6.54 Å². The Morgan fingerprint density at radius 1 is 1.17 bits per heavy atom. The number of rotatable bonds is 2. The molecule has 0 aliphatic heterocycles. The molecule has 0 unspecified atom stereocenters. The van der Waals surface area contributed by atoms with Gasteiger partial charge in [-0.25, -0.2) is 4.79 Å². The molecule has 1 amide bonds. The van der Waals surface area contributed by atoms with Crippen LogP contribution in [0.2, 0.25) is 0 Å². The number of carbonyl (C=O) groups is 1. The number of nitrogens with one attached hydrogen (secondary N) is 1. The van der Waals surface area contributed by atoms with E-state index in [-0.39, 0.29) is 0 Å². The van der Waals surface area contributed by atoms with E-state index in [4.69, 9.17) is 4.74 Å². The second kappa shape index (κ2) is 6.57. The van der Waals surface area contributed by atoms with Crippen LogP contribution in [0.3, 0.4) is 0 Å². The molecule has 3 nitrogen and oxygen atoms in total. The van der Waals surface area contributed by atoms with Gasteiger partial charge in [0, 0.05) is 18.5 Å². The minimum absolute atomic E-state index is 0.394. The van der Waals surface area contributed by atoms with Gasteiger partial charge in [-0.2, -0.15) is 0 Å². The van der Waals surface area contributed by atoms with E-state index < -0.39 is 11.7 Å². The predicted molar refractivity (Wildman–Crippen MR) is 97.1 cm³/mol. The Kier molecular flexibility index (Phi) is 4.49. The number of alkyl carbamates (subject to hydrolysis) is 1. The number of ether oxygens (including phenoxy) is 1. The maximum absolute atomic E-state index is 11.6. The van der Waals surface area contributed by atoms with E-state index in [2.05, 4.69) is 47.5 Å². The molecule has 0 spiro atoms. The van der Waals surface area contributed by atoms with E-state index in [1.54, 1.807) is 0 Å². The van der Waals surface area contributed by atoms with E-state index in [0.717, 1.165) is 18.4 Å². The van der Waals surface area contributed by atoms with E-state index in [9.17, 15) is 4.79 Å². The average Bonchev–Trinajstić information content (AvgIpc) is 2.92. The zero-order valence-corrected chi connectivity index (χ0v) is 14.5. The molecule has 0 aromatic heterocycles. The lowest BCUT2D eigenvalue weighted by Gasteiger charge is -2.19. The van der Waals surface area contributed by atoms with Crippen LogP contribution in [0, 0.1) is 11.8 Å². The summed E-state index contributed by atoms with van der Waals surface area (Å²) in [5.74, 6) is 6.40. The van der Waals surface area contributed by atoms with Gasteiger partial charge >= 0.3 is 6.09 Å². The molecule has 1 aliphatic carbocycles. The van der Waals surface area contributed by atoms with Gasteiger partial charge in [-0.15, -0.1) is 0 Å². The smallest absolute Gasteiger partial charge is 0.407 e. The topological polar surface area (TPSA) is 38.3 Å². The molecule has 0 radical (unpaired) electrons. The lowest BCUT2D eigenvalue weighted by atomic mass is 10.0. The van der Waals surface area contributed by atoms with Gasteiger partial charge < -0.3 is 10.1 Å². The molecular formula is C21H23NO2. The fraction of sp³-hybridized carbons (Fsp3) is 0.381. The quantitative estimate of drug-likeness (QED) is 0.665. The lowest BCUT2D eigenvalue weighted by Crippen LogP contribution is -2.32. The first-order chi connectivity index (χ1) is 11.4. The van der Waals surface area contributed by atoms with Crippen molar-refractivity contribution in [2.45, 2.75) is 45.6 Å². The summed E-state index contributed by atoms with van der Waals surface area (Å²) in [7, 11) is 0. The van der Waals surface area contributed by atoms with Gasteiger partial charge in [-0.3, -0.25) is 0 Å². The molecule has 1 N–H and O–H groups in total. The van der Waals surface area contributed by atoms with Crippen LogP contribution in [-0.4, -0.2) is 18.2 Å². The largest absolute Gasteiger partial charge is 0.444 e. The SMILES string of the molecule is CC(C)(C)OC(=O)NCCC#Cc1ccc2c3c(cccc13)CC2. The zero-order chi connectivity index (χ0) is 17.2. The Balaban J connectivity index is 1.63. The highest BCUT2D eigenvalue weighted by Gasteiger charge is 2.16. The fourth-order valence-corrected chi connectivity index (χ4v) is 3.05. The van der Waals surface area contributed by atoms with Crippen LogP contribution in [0.15, 0.2) is 30.3 Å². The van der Waals surface area contributed by atoms with Crippen LogP contribution < -0.4 is 5.32 Å². The van der Waals surface area contributed by atoms with Crippen molar-refractivity contribution in [2.24, 2.45) is 0 Å².